The number of rotatable bonds is 1. The summed E-state index contributed by atoms with van der Waals surface area (Å²) in [6.45, 7) is 1.08. The zero-order chi connectivity index (χ0) is 12.4. The molecule has 0 unspecified atom stereocenters. The molecule has 0 bridgehead atoms. The molecule has 2 atom stereocenters. The van der Waals surface area contributed by atoms with E-state index >= 15 is 0 Å². The quantitative estimate of drug-likeness (QED) is 0.758. The summed E-state index contributed by atoms with van der Waals surface area (Å²) in [5.41, 5.74) is 0.966. The van der Waals surface area contributed by atoms with E-state index in [9.17, 15) is 0 Å². The normalized spacial score (nSPS) is 29.8. The van der Waals surface area contributed by atoms with Gasteiger partial charge in [-0.05, 0) is 31.4 Å². The Bertz CT molecular complexity index is 429. The van der Waals surface area contributed by atoms with Crippen LogP contribution in [0.2, 0.25) is 0 Å². The standard InChI is InChI=1S/C15H20N2O/c1-17-11-12-7-5-6-10-14(12)18-15(17)16-13-8-3-2-4-9-13/h2-4,8-9,12,14H,5-7,10-11H2,1H3/t12-,14-/m0/s1. The largest absolute Gasteiger partial charge is 0.461 e. The smallest absolute Gasteiger partial charge is 0.292 e. The Morgan fingerprint density at radius 2 is 1.94 bits per heavy atom. The highest BCUT2D eigenvalue weighted by Gasteiger charge is 2.34. The molecule has 3 rings (SSSR count). The molecule has 3 nitrogen and oxygen atoms in total. The van der Waals surface area contributed by atoms with Gasteiger partial charge in [-0.1, -0.05) is 24.6 Å². The number of amidine groups is 1. The molecule has 0 amide bonds. The van der Waals surface area contributed by atoms with Crippen LogP contribution >= 0.6 is 0 Å². The highest BCUT2D eigenvalue weighted by molar-refractivity contribution is 5.77. The third-order valence-electron chi connectivity index (χ3n) is 3.91. The van der Waals surface area contributed by atoms with Gasteiger partial charge in [-0.2, -0.15) is 4.99 Å². The van der Waals surface area contributed by atoms with E-state index in [0.717, 1.165) is 18.3 Å². The second-order valence-corrected chi connectivity index (χ2v) is 5.31. The Balaban J connectivity index is 1.78. The molecule has 1 aliphatic carbocycles. The number of hydrogen-bond acceptors (Lipinski definition) is 2. The van der Waals surface area contributed by atoms with Crippen LogP contribution in [0.15, 0.2) is 35.3 Å². The topological polar surface area (TPSA) is 24.8 Å². The third kappa shape index (κ3) is 2.35. The zero-order valence-corrected chi connectivity index (χ0v) is 10.9. The minimum Gasteiger partial charge on any atom is -0.461 e. The molecule has 0 spiro atoms. The van der Waals surface area contributed by atoms with Crippen molar-refractivity contribution in [2.45, 2.75) is 31.8 Å². The van der Waals surface area contributed by atoms with E-state index in [0.29, 0.717) is 12.0 Å². The summed E-state index contributed by atoms with van der Waals surface area (Å²) in [5.74, 6) is 0.693. The Hall–Kier alpha value is -1.51. The van der Waals surface area contributed by atoms with Gasteiger partial charge in [-0.25, -0.2) is 0 Å². The van der Waals surface area contributed by atoms with Crippen LogP contribution in [0.1, 0.15) is 25.7 Å². The maximum atomic E-state index is 6.08. The fraction of sp³-hybridized carbons (Fsp3) is 0.533. The van der Waals surface area contributed by atoms with E-state index in [-0.39, 0.29) is 0 Å². The first-order valence-corrected chi connectivity index (χ1v) is 6.84. The molecule has 1 heterocycles. The molecule has 1 aromatic rings. The average molecular weight is 244 g/mol. The van der Waals surface area contributed by atoms with Gasteiger partial charge >= 0.3 is 0 Å². The Kier molecular flexibility index (Phi) is 3.22. The molecule has 3 heteroatoms. The van der Waals surface area contributed by atoms with E-state index in [2.05, 4.69) is 16.9 Å². The highest BCUT2D eigenvalue weighted by Crippen LogP contribution is 2.31. The van der Waals surface area contributed by atoms with E-state index in [4.69, 9.17) is 4.74 Å². The van der Waals surface area contributed by atoms with E-state index in [1.165, 1.54) is 25.7 Å². The number of ether oxygens (including phenoxy) is 1. The molecular formula is C15H20N2O. The van der Waals surface area contributed by atoms with Gasteiger partial charge in [0.15, 0.2) is 0 Å². The van der Waals surface area contributed by atoms with Crippen molar-refractivity contribution in [1.29, 1.82) is 0 Å². The minimum atomic E-state index is 0.386. The van der Waals surface area contributed by atoms with Gasteiger partial charge in [-0.15, -0.1) is 0 Å². The monoisotopic (exact) mass is 244 g/mol. The predicted octanol–water partition coefficient (Wildman–Crippen LogP) is 3.19. The Labute approximate surface area is 108 Å². The molecule has 2 fully saturated rings. The van der Waals surface area contributed by atoms with Gasteiger partial charge in [0.2, 0.25) is 0 Å². The van der Waals surface area contributed by atoms with Gasteiger partial charge in [0.05, 0.1) is 5.69 Å². The number of aliphatic imine (C=N–C) groups is 1. The minimum absolute atomic E-state index is 0.386. The first kappa shape index (κ1) is 11.6. The molecule has 0 N–H and O–H groups in total. The summed E-state index contributed by atoms with van der Waals surface area (Å²) in [6, 6.07) is 10.8. The molecule has 1 aromatic carbocycles. The summed E-state index contributed by atoms with van der Waals surface area (Å²) in [4.78, 5) is 6.76. The number of para-hydroxylation sites is 1. The summed E-state index contributed by atoms with van der Waals surface area (Å²) in [5, 5.41) is 0. The maximum absolute atomic E-state index is 6.08. The lowest BCUT2D eigenvalue weighted by Crippen LogP contribution is -2.48. The third-order valence-corrected chi connectivity index (χ3v) is 3.91. The maximum Gasteiger partial charge on any atom is 0.292 e. The van der Waals surface area contributed by atoms with Crippen LogP contribution < -0.4 is 0 Å². The summed E-state index contributed by atoms with van der Waals surface area (Å²) >= 11 is 0. The van der Waals surface area contributed by atoms with Crippen LogP contribution in [0.3, 0.4) is 0 Å². The van der Waals surface area contributed by atoms with Gasteiger partial charge in [0, 0.05) is 19.5 Å². The lowest BCUT2D eigenvalue weighted by atomic mass is 9.85. The number of nitrogens with zero attached hydrogens (tertiary/aromatic N) is 2. The van der Waals surface area contributed by atoms with Gasteiger partial charge in [0.1, 0.15) is 6.10 Å². The van der Waals surface area contributed by atoms with Crippen LogP contribution in [0.5, 0.6) is 0 Å². The Morgan fingerprint density at radius 3 is 2.78 bits per heavy atom. The van der Waals surface area contributed by atoms with Crippen molar-refractivity contribution in [3.63, 3.8) is 0 Å². The fourth-order valence-corrected chi connectivity index (χ4v) is 2.92. The SMILES string of the molecule is CN1C[C@@H]2CCCC[C@@H]2OC1=Nc1ccccc1. The molecular weight excluding hydrogens is 224 g/mol. The van der Waals surface area contributed by atoms with Crippen molar-refractivity contribution < 1.29 is 4.74 Å². The molecule has 1 saturated heterocycles. The van der Waals surface area contributed by atoms with E-state index in [1.54, 1.807) is 0 Å². The van der Waals surface area contributed by atoms with Crippen LogP contribution in [0, 0.1) is 5.92 Å². The van der Waals surface area contributed by atoms with Gasteiger partial charge in [-0.3, -0.25) is 0 Å². The van der Waals surface area contributed by atoms with Crippen LogP contribution in [0.25, 0.3) is 0 Å². The molecule has 2 aliphatic rings. The summed E-state index contributed by atoms with van der Waals surface area (Å²) in [6.07, 6.45) is 5.52. The zero-order valence-electron chi connectivity index (χ0n) is 10.9. The van der Waals surface area contributed by atoms with Gasteiger partial charge in [0.25, 0.3) is 6.02 Å². The second kappa shape index (κ2) is 5.01. The second-order valence-electron chi connectivity index (χ2n) is 5.31. The summed E-state index contributed by atoms with van der Waals surface area (Å²) < 4.78 is 6.08. The molecule has 1 saturated carbocycles. The van der Waals surface area contributed by atoms with Crippen LogP contribution in [-0.2, 0) is 4.74 Å². The molecule has 96 valence electrons. The first-order valence-electron chi connectivity index (χ1n) is 6.84. The van der Waals surface area contributed by atoms with Crippen molar-refractivity contribution in [1.82, 2.24) is 4.90 Å². The number of benzene rings is 1. The van der Waals surface area contributed by atoms with E-state index in [1.807, 2.05) is 30.3 Å². The molecule has 0 aromatic heterocycles. The van der Waals surface area contributed by atoms with Crippen LogP contribution in [-0.4, -0.2) is 30.6 Å². The predicted molar refractivity (Wildman–Crippen MR) is 73.0 cm³/mol. The van der Waals surface area contributed by atoms with Crippen molar-refractivity contribution in [2.75, 3.05) is 13.6 Å². The number of hydrogen-bond donors (Lipinski definition) is 0. The summed E-state index contributed by atoms with van der Waals surface area (Å²) in [7, 11) is 2.08. The molecule has 18 heavy (non-hydrogen) atoms. The average Bonchev–Trinajstić information content (AvgIpc) is 2.41. The van der Waals surface area contributed by atoms with Crippen molar-refractivity contribution in [3.8, 4) is 0 Å². The lowest BCUT2D eigenvalue weighted by molar-refractivity contribution is 0.0197. The fourth-order valence-electron chi connectivity index (χ4n) is 2.92. The van der Waals surface area contributed by atoms with Crippen molar-refractivity contribution >= 4 is 11.7 Å². The highest BCUT2D eigenvalue weighted by atomic mass is 16.5. The molecule has 1 aliphatic heterocycles. The van der Waals surface area contributed by atoms with Crippen molar-refractivity contribution in [3.05, 3.63) is 30.3 Å². The van der Waals surface area contributed by atoms with E-state index < -0.39 is 0 Å². The number of fused-ring (bicyclic) bond motifs is 1. The lowest BCUT2D eigenvalue weighted by Gasteiger charge is -2.41. The van der Waals surface area contributed by atoms with Crippen molar-refractivity contribution in [2.24, 2.45) is 10.9 Å². The van der Waals surface area contributed by atoms with Gasteiger partial charge < -0.3 is 9.64 Å². The van der Waals surface area contributed by atoms with Crippen LogP contribution in [0.4, 0.5) is 5.69 Å². The molecule has 0 radical (unpaired) electrons. The Morgan fingerprint density at radius 1 is 1.17 bits per heavy atom. The first-order chi connectivity index (χ1) is 8.83.